The highest BCUT2D eigenvalue weighted by molar-refractivity contribution is 7.52. The number of unbranched alkanes of at least 4 members (excludes halogenated alkanes) is 2. The van der Waals surface area contributed by atoms with E-state index in [4.69, 9.17) is 0 Å². The molecule has 1 heterocycles. The highest BCUT2D eigenvalue weighted by Crippen LogP contribution is 2.43. The van der Waals surface area contributed by atoms with Gasteiger partial charge in [0.05, 0.1) is 17.2 Å². The molecule has 0 saturated carbocycles. The SMILES string of the molecule is C[P@](=O)(F)OCCCCCNc1ccc([N+](=O)[O-])c2nonc12. The molecule has 2 rings (SSSR count). The Balaban J connectivity index is 1.82. The van der Waals surface area contributed by atoms with Gasteiger partial charge in [-0.3, -0.25) is 14.7 Å². The van der Waals surface area contributed by atoms with E-state index in [0.29, 0.717) is 24.2 Å². The third-order valence-electron chi connectivity index (χ3n) is 3.05. The van der Waals surface area contributed by atoms with E-state index in [-0.39, 0.29) is 17.8 Å². The molecule has 1 atom stereocenters. The zero-order chi connectivity index (χ0) is 16.9. The number of fused-ring (bicyclic) bond motifs is 1. The molecule has 1 aromatic heterocycles. The number of nitro benzene ring substituents is 1. The third-order valence-corrected chi connectivity index (χ3v) is 3.69. The monoisotopic (exact) mass is 346 g/mol. The zero-order valence-corrected chi connectivity index (χ0v) is 13.3. The van der Waals surface area contributed by atoms with Gasteiger partial charge in [-0.1, -0.05) is 0 Å². The lowest BCUT2D eigenvalue weighted by atomic mass is 10.2. The minimum Gasteiger partial charge on any atom is -0.383 e. The van der Waals surface area contributed by atoms with Gasteiger partial charge >= 0.3 is 13.4 Å². The van der Waals surface area contributed by atoms with Gasteiger partial charge in [0.2, 0.25) is 5.52 Å². The van der Waals surface area contributed by atoms with Gasteiger partial charge in [-0.2, -0.15) is 4.20 Å². The van der Waals surface area contributed by atoms with Crippen molar-refractivity contribution in [2.45, 2.75) is 19.3 Å². The van der Waals surface area contributed by atoms with Gasteiger partial charge in [-0.15, -0.1) is 0 Å². The summed E-state index contributed by atoms with van der Waals surface area (Å²) in [6.45, 7) is 1.62. The van der Waals surface area contributed by atoms with E-state index >= 15 is 0 Å². The van der Waals surface area contributed by atoms with Crippen LogP contribution in [0.4, 0.5) is 15.6 Å². The number of benzene rings is 1. The second-order valence-electron chi connectivity index (χ2n) is 4.92. The van der Waals surface area contributed by atoms with Gasteiger partial charge in [-0.25, -0.2) is 4.63 Å². The summed E-state index contributed by atoms with van der Waals surface area (Å²) in [5.74, 6) is 0. The first kappa shape index (κ1) is 17.3. The first-order valence-electron chi connectivity index (χ1n) is 6.94. The van der Waals surface area contributed by atoms with Crippen molar-refractivity contribution in [1.29, 1.82) is 0 Å². The van der Waals surface area contributed by atoms with Crippen molar-refractivity contribution < 1.29 is 22.8 Å². The molecular weight excluding hydrogens is 330 g/mol. The lowest BCUT2D eigenvalue weighted by Gasteiger charge is -2.07. The Bertz CT molecular complexity index is 731. The summed E-state index contributed by atoms with van der Waals surface area (Å²) in [7, 11) is -3.90. The van der Waals surface area contributed by atoms with E-state index in [9.17, 15) is 18.9 Å². The predicted molar refractivity (Wildman–Crippen MR) is 81.4 cm³/mol. The highest BCUT2D eigenvalue weighted by atomic mass is 31.2. The molecule has 1 aromatic carbocycles. The summed E-state index contributed by atoms with van der Waals surface area (Å²) in [5.41, 5.74) is 0.811. The average molecular weight is 346 g/mol. The van der Waals surface area contributed by atoms with Crippen molar-refractivity contribution in [3.63, 3.8) is 0 Å². The maximum absolute atomic E-state index is 12.6. The topological polar surface area (TPSA) is 120 Å². The van der Waals surface area contributed by atoms with E-state index in [1.54, 1.807) is 6.07 Å². The van der Waals surface area contributed by atoms with Crippen LogP contribution in [0.3, 0.4) is 0 Å². The maximum atomic E-state index is 12.6. The second kappa shape index (κ2) is 7.47. The molecule has 1 N–H and O–H groups in total. The van der Waals surface area contributed by atoms with E-state index in [0.717, 1.165) is 19.5 Å². The van der Waals surface area contributed by atoms with Gasteiger partial charge in [0.1, 0.15) is 0 Å². The molecule has 0 spiro atoms. The fourth-order valence-electron chi connectivity index (χ4n) is 2.00. The van der Waals surface area contributed by atoms with Crippen LogP contribution in [0.2, 0.25) is 0 Å². The van der Waals surface area contributed by atoms with Crippen LogP contribution in [0.15, 0.2) is 16.8 Å². The van der Waals surface area contributed by atoms with Gasteiger partial charge in [0.25, 0.3) is 0 Å². The van der Waals surface area contributed by atoms with Crippen molar-refractivity contribution in [3.05, 3.63) is 22.2 Å². The molecule has 0 aliphatic heterocycles. The van der Waals surface area contributed by atoms with Crippen molar-refractivity contribution in [3.8, 4) is 0 Å². The Hall–Kier alpha value is -2.06. The third kappa shape index (κ3) is 4.97. The van der Waals surface area contributed by atoms with Crippen LogP contribution < -0.4 is 5.32 Å². The number of nitrogens with zero attached hydrogens (tertiary/aromatic N) is 3. The van der Waals surface area contributed by atoms with Crippen molar-refractivity contribution >= 4 is 30.1 Å². The summed E-state index contributed by atoms with van der Waals surface area (Å²) < 4.78 is 32.5. The lowest BCUT2D eigenvalue weighted by Crippen LogP contribution is -2.03. The quantitative estimate of drug-likeness (QED) is 0.317. The number of anilines is 1. The van der Waals surface area contributed by atoms with Crippen molar-refractivity contribution in [2.75, 3.05) is 25.1 Å². The van der Waals surface area contributed by atoms with Crippen LogP contribution in [-0.2, 0) is 9.09 Å². The average Bonchev–Trinajstić information content (AvgIpc) is 2.94. The van der Waals surface area contributed by atoms with Gasteiger partial charge in [0.15, 0.2) is 5.52 Å². The fraction of sp³-hybridized carbons (Fsp3) is 0.500. The molecule has 2 aromatic rings. The minimum absolute atomic E-state index is 0.0926. The number of hydrogen-bond acceptors (Lipinski definition) is 8. The highest BCUT2D eigenvalue weighted by Gasteiger charge is 2.19. The van der Waals surface area contributed by atoms with Crippen molar-refractivity contribution in [2.24, 2.45) is 0 Å². The molecule has 9 nitrogen and oxygen atoms in total. The molecular formula is C12H16FN4O5P. The minimum atomic E-state index is -3.90. The normalized spacial score (nSPS) is 13.8. The Labute approximate surface area is 130 Å². The standard InChI is InChI=1S/C12H16FN4O5P/c1-23(13,20)21-8-4-2-3-7-14-9-5-6-10(17(18)19)12-11(9)15-22-16-12/h5-6,14H,2-4,7-8H2,1H3/t23-/m1/s1. The lowest BCUT2D eigenvalue weighted by molar-refractivity contribution is -0.383. The molecule has 0 saturated heterocycles. The van der Waals surface area contributed by atoms with Crippen LogP contribution in [0, 0.1) is 10.1 Å². The number of nitrogens with one attached hydrogen (secondary N) is 1. The predicted octanol–water partition coefficient (Wildman–Crippen LogP) is 3.52. The number of aromatic nitrogens is 2. The molecule has 0 aliphatic rings. The molecule has 126 valence electrons. The first-order valence-corrected chi connectivity index (χ1v) is 8.90. The Morgan fingerprint density at radius 3 is 2.78 bits per heavy atom. The smallest absolute Gasteiger partial charge is 0.364 e. The van der Waals surface area contributed by atoms with E-state index in [1.165, 1.54) is 6.07 Å². The van der Waals surface area contributed by atoms with Gasteiger partial charge < -0.3 is 9.84 Å². The summed E-state index contributed by atoms with van der Waals surface area (Å²) in [5, 5.41) is 21.2. The molecule has 0 aliphatic carbocycles. The largest absolute Gasteiger partial charge is 0.383 e. The van der Waals surface area contributed by atoms with E-state index in [2.05, 4.69) is 24.8 Å². The van der Waals surface area contributed by atoms with E-state index < -0.39 is 12.6 Å². The van der Waals surface area contributed by atoms with Crippen LogP contribution >= 0.6 is 7.68 Å². The maximum Gasteiger partial charge on any atom is 0.364 e. The molecule has 23 heavy (non-hydrogen) atoms. The Morgan fingerprint density at radius 1 is 1.35 bits per heavy atom. The van der Waals surface area contributed by atoms with E-state index in [1.807, 2.05) is 0 Å². The number of nitro groups is 1. The zero-order valence-electron chi connectivity index (χ0n) is 12.4. The molecule has 0 unspecified atom stereocenters. The Kier molecular flexibility index (Phi) is 5.62. The molecule has 0 fully saturated rings. The number of hydrogen-bond donors (Lipinski definition) is 1. The second-order valence-corrected chi connectivity index (χ2v) is 6.67. The summed E-state index contributed by atoms with van der Waals surface area (Å²) in [6, 6.07) is 2.88. The fourth-order valence-corrected chi connectivity index (χ4v) is 2.45. The first-order chi connectivity index (χ1) is 10.9. The summed E-state index contributed by atoms with van der Waals surface area (Å²) in [4.78, 5) is 10.3. The van der Waals surface area contributed by atoms with Gasteiger partial charge in [-0.05, 0) is 35.6 Å². The molecule has 0 amide bonds. The molecule has 0 bridgehead atoms. The van der Waals surface area contributed by atoms with Crippen LogP contribution in [0.25, 0.3) is 11.0 Å². The summed E-state index contributed by atoms with van der Waals surface area (Å²) in [6.07, 6.45) is 2.10. The number of halogens is 1. The molecule has 11 heteroatoms. The van der Waals surface area contributed by atoms with Crippen LogP contribution in [0.5, 0.6) is 0 Å². The summed E-state index contributed by atoms with van der Waals surface area (Å²) >= 11 is 0. The number of non-ortho nitro benzene ring substituents is 1. The van der Waals surface area contributed by atoms with Crippen LogP contribution in [-0.4, -0.2) is 35.1 Å². The van der Waals surface area contributed by atoms with Gasteiger partial charge in [0, 0.05) is 19.3 Å². The number of rotatable bonds is 9. The Morgan fingerprint density at radius 2 is 2.09 bits per heavy atom. The van der Waals surface area contributed by atoms with Crippen LogP contribution in [0.1, 0.15) is 19.3 Å². The van der Waals surface area contributed by atoms with Crippen molar-refractivity contribution in [1.82, 2.24) is 10.3 Å². The molecule has 0 radical (unpaired) electrons.